The molecule has 1 amide bonds. The monoisotopic (exact) mass is 448 g/mol. The molecule has 33 heavy (non-hydrogen) atoms. The molecule has 0 saturated carbocycles. The minimum Gasteiger partial charge on any atom is -0.482 e. The Bertz CT molecular complexity index is 1140. The maximum atomic E-state index is 13.9. The predicted octanol–water partition coefficient (Wildman–Crippen LogP) is 4.59. The van der Waals surface area contributed by atoms with E-state index >= 15 is 0 Å². The Balaban J connectivity index is 1.39. The summed E-state index contributed by atoms with van der Waals surface area (Å²) in [6.45, 7) is 7.17. The Labute approximate surface area is 193 Å². The highest BCUT2D eigenvalue weighted by atomic mass is 19.1. The van der Waals surface area contributed by atoms with E-state index in [-0.39, 0.29) is 18.3 Å². The first-order valence-electron chi connectivity index (χ1n) is 11.5. The molecule has 0 spiro atoms. The molecule has 0 aliphatic carbocycles. The van der Waals surface area contributed by atoms with Gasteiger partial charge in [0, 0.05) is 30.0 Å². The van der Waals surface area contributed by atoms with Crippen LogP contribution < -0.4 is 5.32 Å². The molecule has 5 nitrogen and oxygen atoms in total. The smallest absolute Gasteiger partial charge is 0.260 e. The minimum absolute atomic E-state index is 0.279. The van der Waals surface area contributed by atoms with Crippen molar-refractivity contribution in [3.05, 3.63) is 76.8 Å². The summed E-state index contributed by atoms with van der Waals surface area (Å²) in [7, 11) is 0. The molecular formula is C27H29FN2O3. The van der Waals surface area contributed by atoms with E-state index in [2.05, 4.69) is 34.5 Å². The van der Waals surface area contributed by atoms with Gasteiger partial charge in [-0.3, -0.25) is 9.69 Å². The topological polar surface area (TPSA) is 61.8 Å². The second-order valence-electron chi connectivity index (χ2n) is 9.65. The number of benzene rings is 2. The Morgan fingerprint density at radius 3 is 2.58 bits per heavy atom. The highest BCUT2D eigenvalue weighted by Gasteiger charge is 2.38. The van der Waals surface area contributed by atoms with Crippen molar-refractivity contribution in [1.29, 1.82) is 0 Å². The Hall–Kier alpha value is -2.96. The molecule has 0 radical (unpaired) electrons. The first kappa shape index (κ1) is 21.9. The summed E-state index contributed by atoms with van der Waals surface area (Å²) in [6.07, 6.45) is 4.00. The van der Waals surface area contributed by atoms with Crippen molar-refractivity contribution in [2.45, 2.75) is 38.8 Å². The second kappa shape index (κ2) is 8.43. The number of halogens is 1. The Morgan fingerprint density at radius 2 is 1.88 bits per heavy atom. The molecule has 2 aromatic rings. The third kappa shape index (κ3) is 4.21. The van der Waals surface area contributed by atoms with Crippen LogP contribution in [0.1, 0.15) is 43.4 Å². The quantitative estimate of drug-likeness (QED) is 0.672. The summed E-state index contributed by atoms with van der Waals surface area (Å²) in [6, 6.07) is 12.8. The van der Waals surface area contributed by atoms with Crippen molar-refractivity contribution in [1.82, 2.24) is 4.90 Å². The number of rotatable bonds is 4. The van der Waals surface area contributed by atoms with Crippen LogP contribution in [0.5, 0.6) is 0 Å². The van der Waals surface area contributed by atoms with E-state index in [0.29, 0.717) is 28.5 Å². The van der Waals surface area contributed by atoms with E-state index in [1.807, 2.05) is 19.9 Å². The molecule has 0 atom stereocenters. The standard InChI is InChI=1S/C27H29FN2O3/c1-27(2)22(14-24(33-27)25-21-13-20(28)7-8-23(21)29-26(25)32)19-5-3-17(4-6-19)15-30-11-9-18(16-31)10-12-30/h3-8,13-14,18,31H,9-12,15-16H2,1-2H3,(H,29,32). The van der Waals surface area contributed by atoms with Crippen LogP contribution in [0.25, 0.3) is 11.1 Å². The number of likely N-dealkylation sites (tertiary alicyclic amines) is 1. The molecule has 3 aliphatic heterocycles. The molecular weight excluding hydrogens is 419 g/mol. The summed E-state index contributed by atoms with van der Waals surface area (Å²) < 4.78 is 20.1. The summed E-state index contributed by atoms with van der Waals surface area (Å²) >= 11 is 0. The Kier molecular flexibility index (Phi) is 5.59. The van der Waals surface area contributed by atoms with Crippen LogP contribution in [-0.4, -0.2) is 41.2 Å². The molecule has 0 unspecified atom stereocenters. The van der Waals surface area contributed by atoms with Crippen LogP contribution in [0.15, 0.2) is 54.3 Å². The third-order valence-electron chi connectivity index (χ3n) is 6.90. The van der Waals surface area contributed by atoms with Gasteiger partial charge in [-0.2, -0.15) is 0 Å². The number of allylic oxidation sites excluding steroid dienone is 1. The normalized spacial score (nSPS) is 22.7. The second-order valence-corrected chi connectivity index (χ2v) is 9.65. The molecule has 2 N–H and O–H groups in total. The van der Waals surface area contributed by atoms with Crippen LogP contribution in [0.3, 0.4) is 0 Å². The maximum absolute atomic E-state index is 13.9. The van der Waals surface area contributed by atoms with Gasteiger partial charge in [0.05, 0.1) is 5.57 Å². The number of carbonyl (C=O) groups is 1. The average Bonchev–Trinajstić information content (AvgIpc) is 3.29. The summed E-state index contributed by atoms with van der Waals surface area (Å²) in [5.41, 5.74) is 4.15. The molecule has 0 bridgehead atoms. The molecule has 172 valence electrons. The van der Waals surface area contributed by atoms with Crippen LogP contribution in [0.2, 0.25) is 0 Å². The van der Waals surface area contributed by atoms with Crippen LogP contribution in [0, 0.1) is 11.7 Å². The number of piperidine rings is 1. The summed E-state index contributed by atoms with van der Waals surface area (Å²) in [4.78, 5) is 15.1. The van der Waals surface area contributed by atoms with Gasteiger partial charge in [0.1, 0.15) is 17.2 Å². The van der Waals surface area contributed by atoms with E-state index in [1.165, 1.54) is 17.7 Å². The van der Waals surface area contributed by atoms with Crippen molar-refractivity contribution in [2.75, 3.05) is 25.0 Å². The highest BCUT2D eigenvalue weighted by molar-refractivity contribution is 6.32. The maximum Gasteiger partial charge on any atom is 0.260 e. The predicted molar refractivity (Wildman–Crippen MR) is 127 cm³/mol. The van der Waals surface area contributed by atoms with Crippen LogP contribution in [-0.2, 0) is 16.1 Å². The van der Waals surface area contributed by atoms with Gasteiger partial charge in [0.2, 0.25) is 0 Å². The van der Waals surface area contributed by atoms with Crippen molar-refractivity contribution >= 4 is 22.7 Å². The highest BCUT2D eigenvalue weighted by Crippen LogP contribution is 2.44. The Morgan fingerprint density at radius 1 is 1.15 bits per heavy atom. The van der Waals surface area contributed by atoms with Crippen molar-refractivity contribution in [3.8, 4) is 0 Å². The fraction of sp³-hybridized carbons (Fsp3) is 0.370. The van der Waals surface area contributed by atoms with Gasteiger partial charge in [-0.25, -0.2) is 4.39 Å². The molecule has 5 rings (SSSR count). The number of aliphatic hydroxyl groups excluding tert-OH is 1. The van der Waals surface area contributed by atoms with Gasteiger partial charge >= 0.3 is 0 Å². The lowest BCUT2D eigenvalue weighted by Gasteiger charge is -2.31. The molecule has 2 aromatic carbocycles. The number of amides is 1. The van der Waals surface area contributed by atoms with Crippen molar-refractivity contribution < 1.29 is 19.0 Å². The summed E-state index contributed by atoms with van der Waals surface area (Å²) in [5.74, 6) is 0.238. The van der Waals surface area contributed by atoms with Gasteiger partial charge in [-0.05, 0) is 81.1 Å². The number of aliphatic hydroxyl groups is 1. The lowest BCUT2D eigenvalue weighted by molar-refractivity contribution is -0.111. The number of ether oxygens (including phenoxy) is 1. The van der Waals surface area contributed by atoms with Gasteiger partial charge in [0.25, 0.3) is 5.91 Å². The third-order valence-corrected chi connectivity index (χ3v) is 6.90. The number of carbonyl (C=O) groups excluding carboxylic acids is 1. The minimum atomic E-state index is -0.619. The van der Waals surface area contributed by atoms with Crippen molar-refractivity contribution in [3.63, 3.8) is 0 Å². The number of anilines is 1. The van der Waals surface area contributed by atoms with Crippen LogP contribution >= 0.6 is 0 Å². The van der Waals surface area contributed by atoms with Gasteiger partial charge in [-0.15, -0.1) is 0 Å². The lowest BCUT2D eigenvalue weighted by Crippen LogP contribution is -2.34. The molecule has 6 heteroatoms. The summed E-state index contributed by atoms with van der Waals surface area (Å²) in [5, 5.41) is 12.1. The fourth-order valence-corrected chi connectivity index (χ4v) is 4.98. The zero-order chi connectivity index (χ0) is 23.2. The van der Waals surface area contributed by atoms with E-state index in [4.69, 9.17) is 4.74 Å². The largest absolute Gasteiger partial charge is 0.482 e. The first-order chi connectivity index (χ1) is 15.8. The van der Waals surface area contributed by atoms with E-state index < -0.39 is 5.60 Å². The zero-order valence-corrected chi connectivity index (χ0v) is 19.0. The number of hydrogen-bond donors (Lipinski definition) is 2. The molecule has 1 saturated heterocycles. The lowest BCUT2D eigenvalue weighted by atomic mass is 9.91. The zero-order valence-electron chi connectivity index (χ0n) is 19.0. The molecule has 0 aromatic heterocycles. The van der Waals surface area contributed by atoms with E-state index in [0.717, 1.165) is 43.6 Å². The number of fused-ring (bicyclic) bond motifs is 1. The first-order valence-corrected chi connectivity index (χ1v) is 11.5. The number of nitrogens with one attached hydrogen (secondary N) is 1. The molecule has 1 fully saturated rings. The van der Waals surface area contributed by atoms with Gasteiger partial charge < -0.3 is 15.2 Å². The SMILES string of the molecule is CC1(C)OC(=C2C(=O)Nc3ccc(F)cc32)C=C1c1ccc(CN2CCC(CO)CC2)cc1. The van der Waals surface area contributed by atoms with Crippen LogP contribution in [0.4, 0.5) is 10.1 Å². The number of hydrogen-bond acceptors (Lipinski definition) is 4. The fourth-order valence-electron chi connectivity index (χ4n) is 4.98. The van der Waals surface area contributed by atoms with E-state index in [9.17, 15) is 14.3 Å². The van der Waals surface area contributed by atoms with Gasteiger partial charge in [-0.1, -0.05) is 24.3 Å². The van der Waals surface area contributed by atoms with E-state index in [1.54, 1.807) is 6.07 Å². The molecule has 3 aliphatic rings. The van der Waals surface area contributed by atoms with Crippen molar-refractivity contribution in [2.24, 2.45) is 5.92 Å². The van der Waals surface area contributed by atoms with Gasteiger partial charge in [0.15, 0.2) is 0 Å². The average molecular weight is 449 g/mol. The number of nitrogens with zero attached hydrogens (tertiary/aromatic N) is 1. The molecule has 3 heterocycles.